The van der Waals surface area contributed by atoms with Crippen molar-refractivity contribution in [2.45, 2.75) is 6.54 Å². The average molecular weight is 447 g/mol. The van der Waals surface area contributed by atoms with E-state index in [2.05, 4.69) is 5.32 Å². The van der Waals surface area contributed by atoms with Gasteiger partial charge in [0.25, 0.3) is 11.8 Å². The number of para-hydroxylation sites is 1. The molecule has 2 amide bonds. The third-order valence-electron chi connectivity index (χ3n) is 5.01. The number of nitrogens with zero attached hydrogens (tertiary/aromatic N) is 1. The van der Waals surface area contributed by atoms with Gasteiger partial charge in [-0.2, -0.15) is 0 Å². The van der Waals surface area contributed by atoms with Crippen molar-refractivity contribution >= 4 is 40.1 Å². The number of hydrogen-bond acceptors (Lipinski definition) is 4. The van der Waals surface area contributed by atoms with Gasteiger partial charge in [0.05, 0.1) is 6.54 Å². The van der Waals surface area contributed by atoms with Crippen molar-refractivity contribution < 1.29 is 14.0 Å². The lowest BCUT2D eigenvalue weighted by molar-refractivity contribution is 0.0961. The van der Waals surface area contributed by atoms with Gasteiger partial charge in [0, 0.05) is 28.7 Å². The molecular formula is C25H19ClN2O4. The van der Waals surface area contributed by atoms with E-state index in [4.69, 9.17) is 16.0 Å². The van der Waals surface area contributed by atoms with Gasteiger partial charge in [0.15, 0.2) is 0 Å². The van der Waals surface area contributed by atoms with Crippen molar-refractivity contribution in [3.05, 3.63) is 111 Å². The number of amides is 2. The van der Waals surface area contributed by atoms with E-state index in [1.54, 1.807) is 73.8 Å². The first kappa shape index (κ1) is 21.3. The molecular weight excluding hydrogens is 428 g/mol. The van der Waals surface area contributed by atoms with Crippen LogP contribution in [-0.2, 0) is 6.54 Å². The summed E-state index contributed by atoms with van der Waals surface area (Å²) in [5.74, 6) is -0.753. The zero-order valence-electron chi connectivity index (χ0n) is 17.2. The Hall–Kier alpha value is -3.90. The SMILES string of the molecule is CNC(=O)c1ccc(N(Cc2cccc(Cl)c2)C(=O)c2cc3ccccc3oc2=O)cc1. The minimum absolute atomic E-state index is 0.0823. The zero-order chi connectivity index (χ0) is 22.7. The van der Waals surface area contributed by atoms with Crippen molar-refractivity contribution in [2.75, 3.05) is 11.9 Å². The number of rotatable bonds is 5. The van der Waals surface area contributed by atoms with Crippen LogP contribution < -0.4 is 15.8 Å². The Kier molecular flexibility index (Phi) is 6.05. The first-order valence-corrected chi connectivity index (χ1v) is 10.3. The highest BCUT2D eigenvalue weighted by atomic mass is 35.5. The standard InChI is InChI=1S/C25H19ClN2O4/c1-27-23(29)17-9-11-20(12-10-17)28(15-16-5-4-7-19(26)13-16)24(30)21-14-18-6-2-3-8-22(18)32-25(21)31/h2-14H,15H2,1H3,(H,27,29). The molecule has 6 nitrogen and oxygen atoms in total. The van der Waals surface area contributed by atoms with E-state index in [9.17, 15) is 14.4 Å². The molecule has 1 N–H and O–H groups in total. The van der Waals surface area contributed by atoms with Crippen molar-refractivity contribution in [1.82, 2.24) is 5.32 Å². The Morgan fingerprint density at radius 1 is 0.969 bits per heavy atom. The predicted octanol–water partition coefficient (Wildman–Crippen LogP) is 4.65. The minimum Gasteiger partial charge on any atom is -0.422 e. The Morgan fingerprint density at radius 2 is 1.72 bits per heavy atom. The molecule has 1 aromatic heterocycles. The summed E-state index contributed by atoms with van der Waals surface area (Å²) in [7, 11) is 1.55. The molecule has 0 saturated heterocycles. The summed E-state index contributed by atoms with van der Waals surface area (Å²) in [4.78, 5) is 39.5. The number of anilines is 1. The molecule has 32 heavy (non-hydrogen) atoms. The number of carbonyl (C=O) groups is 2. The molecule has 0 unspecified atom stereocenters. The highest BCUT2D eigenvalue weighted by molar-refractivity contribution is 6.30. The van der Waals surface area contributed by atoms with Crippen LogP contribution in [0.15, 0.2) is 88.1 Å². The molecule has 0 radical (unpaired) electrons. The lowest BCUT2D eigenvalue weighted by atomic mass is 10.1. The third-order valence-corrected chi connectivity index (χ3v) is 5.25. The molecule has 0 aliphatic carbocycles. The number of halogens is 1. The molecule has 3 aromatic carbocycles. The lowest BCUT2D eigenvalue weighted by Crippen LogP contribution is -2.33. The summed E-state index contributed by atoms with van der Waals surface area (Å²) in [5, 5.41) is 3.74. The molecule has 4 rings (SSSR count). The van der Waals surface area contributed by atoms with Crippen LogP contribution >= 0.6 is 11.6 Å². The monoisotopic (exact) mass is 446 g/mol. The zero-order valence-corrected chi connectivity index (χ0v) is 17.9. The van der Waals surface area contributed by atoms with Crippen LogP contribution in [0.3, 0.4) is 0 Å². The summed E-state index contributed by atoms with van der Waals surface area (Å²) in [6.07, 6.45) is 0. The highest BCUT2D eigenvalue weighted by Gasteiger charge is 2.23. The second-order valence-electron chi connectivity index (χ2n) is 7.13. The molecule has 0 fully saturated rings. The second kappa shape index (κ2) is 9.08. The predicted molar refractivity (Wildman–Crippen MR) is 124 cm³/mol. The van der Waals surface area contributed by atoms with Crippen LogP contribution in [0.1, 0.15) is 26.3 Å². The summed E-state index contributed by atoms with van der Waals surface area (Å²) in [5.41, 5.74) is 1.37. The number of carbonyl (C=O) groups excluding carboxylic acids is 2. The van der Waals surface area contributed by atoms with Crippen molar-refractivity contribution in [3.8, 4) is 0 Å². The fourth-order valence-corrected chi connectivity index (χ4v) is 3.60. The Morgan fingerprint density at radius 3 is 2.44 bits per heavy atom. The van der Waals surface area contributed by atoms with E-state index < -0.39 is 11.5 Å². The molecule has 160 valence electrons. The molecule has 7 heteroatoms. The van der Waals surface area contributed by atoms with E-state index in [1.165, 1.54) is 11.0 Å². The van der Waals surface area contributed by atoms with E-state index in [0.717, 1.165) is 5.56 Å². The fourth-order valence-electron chi connectivity index (χ4n) is 3.39. The van der Waals surface area contributed by atoms with E-state index >= 15 is 0 Å². The van der Waals surface area contributed by atoms with E-state index in [0.29, 0.717) is 27.2 Å². The van der Waals surface area contributed by atoms with Gasteiger partial charge in [0.1, 0.15) is 11.1 Å². The number of nitrogens with one attached hydrogen (secondary N) is 1. The molecule has 0 spiro atoms. The highest BCUT2D eigenvalue weighted by Crippen LogP contribution is 2.23. The van der Waals surface area contributed by atoms with Gasteiger partial charge in [-0.05, 0) is 54.1 Å². The molecule has 0 saturated carbocycles. The largest absolute Gasteiger partial charge is 0.422 e. The van der Waals surface area contributed by atoms with Crippen LogP contribution in [0, 0.1) is 0 Å². The average Bonchev–Trinajstić information content (AvgIpc) is 2.81. The number of hydrogen-bond donors (Lipinski definition) is 1. The summed E-state index contributed by atoms with van der Waals surface area (Å²) >= 11 is 6.12. The molecule has 0 aliphatic rings. The lowest BCUT2D eigenvalue weighted by Gasteiger charge is -2.23. The third kappa shape index (κ3) is 4.40. The summed E-state index contributed by atoms with van der Waals surface area (Å²) in [6.45, 7) is 0.172. The maximum atomic E-state index is 13.5. The van der Waals surface area contributed by atoms with Gasteiger partial charge in [-0.15, -0.1) is 0 Å². The topological polar surface area (TPSA) is 79.6 Å². The number of benzene rings is 3. The first-order valence-electron chi connectivity index (χ1n) is 9.87. The smallest absolute Gasteiger partial charge is 0.349 e. The van der Waals surface area contributed by atoms with Crippen molar-refractivity contribution in [1.29, 1.82) is 0 Å². The first-order chi connectivity index (χ1) is 15.5. The quantitative estimate of drug-likeness (QED) is 0.452. The Balaban J connectivity index is 1.78. The van der Waals surface area contributed by atoms with Crippen LogP contribution in [-0.4, -0.2) is 18.9 Å². The van der Waals surface area contributed by atoms with Gasteiger partial charge in [-0.1, -0.05) is 41.9 Å². The van der Waals surface area contributed by atoms with E-state index in [-0.39, 0.29) is 18.0 Å². The van der Waals surface area contributed by atoms with Crippen molar-refractivity contribution in [3.63, 3.8) is 0 Å². The van der Waals surface area contributed by atoms with Crippen LogP contribution in [0.25, 0.3) is 11.0 Å². The van der Waals surface area contributed by atoms with Crippen LogP contribution in [0.2, 0.25) is 5.02 Å². The maximum Gasteiger partial charge on any atom is 0.349 e. The minimum atomic E-state index is -0.716. The van der Waals surface area contributed by atoms with E-state index in [1.807, 2.05) is 6.07 Å². The normalized spacial score (nSPS) is 10.7. The molecule has 0 atom stereocenters. The van der Waals surface area contributed by atoms with Crippen LogP contribution in [0.4, 0.5) is 5.69 Å². The van der Waals surface area contributed by atoms with Gasteiger partial charge in [0.2, 0.25) is 0 Å². The fraction of sp³-hybridized carbons (Fsp3) is 0.0800. The van der Waals surface area contributed by atoms with Crippen molar-refractivity contribution in [2.24, 2.45) is 0 Å². The van der Waals surface area contributed by atoms with Gasteiger partial charge < -0.3 is 14.6 Å². The van der Waals surface area contributed by atoms with Crippen LogP contribution in [0.5, 0.6) is 0 Å². The van der Waals surface area contributed by atoms with Gasteiger partial charge >= 0.3 is 5.63 Å². The Labute approximate surface area is 189 Å². The van der Waals surface area contributed by atoms with Gasteiger partial charge in [-0.3, -0.25) is 9.59 Å². The maximum absolute atomic E-state index is 13.5. The number of fused-ring (bicyclic) bond motifs is 1. The second-order valence-corrected chi connectivity index (χ2v) is 7.57. The summed E-state index contributed by atoms with van der Waals surface area (Å²) in [6, 6.07) is 22.2. The molecule has 1 heterocycles. The van der Waals surface area contributed by atoms with Gasteiger partial charge in [-0.25, -0.2) is 4.79 Å². The molecule has 0 aliphatic heterocycles. The Bertz CT molecular complexity index is 1360. The molecule has 0 bridgehead atoms. The summed E-state index contributed by atoms with van der Waals surface area (Å²) < 4.78 is 5.36. The molecule has 4 aromatic rings.